The molecule has 1 amide bonds. The molecular weight excluding hydrogens is 240 g/mol. The van der Waals surface area contributed by atoms with Gasteiger partial charge >= 0.3 is 0 Å². The normalized spacial score (nSPS) is 11.9. The Hall–Kier alpha value is -1.55. The molecule has 0 bridgehead atoms. The smallest absolute Gasteiger partial charge is 0.239 e. The summed E-state index contributed by atoms with van der Waals surface area (Å²) in [4.78, 5) is 13.5. The van der Waals surface area contributed by atoms with E-state index in [1.165, 1.54) is 0 Å². The number of carbonyl (C=O) groups is 1. The van der Waals surface area contributed by atoms with Crippen molar-refractivity contribution in [2.75, 3.05) is 26.7 Å². The van der Waals surface area contributed by atoms with E-state index in [1.54, 1.807) is 4.90 Å². The summed E-state index contributed by atoms with van der Waals surface area (Å²) in [7, 11) is 1.82. The first-order chi connectivity index (χ1) is 9.15. The largest absolute Gasteiger partial charge is 0.494 e. The maximum absolute atomic E-state index is 11.8. The lowest BCUT2D eigenvalue weighted by atomic mass is 10.3. The van der Waals surface area contributed by atoms with Gasteiger partial charge in [-0.25, -0.2) is 0 Å². The number of hydrogen-bond donors (Lipinski definition) is 1. The first kappa shape index (κ1) is 15.5. The van der Waals surface area contributed by atoms with Gasteiger partial charge in [0, 0.05) is 13.6 Å². The van der Waals surface area contributed by atoms with Gasteiger partial charge in [0.1, 0.15) is 5.75 Å². The number of nitrogens with one attached hydrogen (secondary N) is 1. The zero-order valence-electron chi connectivity index (χ0n) is 12.1. The van der Waals surface area contributed by atoms with E-state index < -0.39 is 0 Å². The number of rotatable bonds is 8. The van der Waals surface area contributed by atoms with Crippen LogP contribution in [-0.2, 0) is 4.79 Å². The fraction of sp³-hybridized carbons (Fsp3) is 0.533. The molecule has 0 aromatic heterocycles. The predicted molar refractivity (Wildman–Crippen MR) is 77.3 cm³/mol. The fourth-order valence-corrected chi connectivity index (χ4v) is 1.67. The zero-order chi connectivity index (χ0) is 14.1. The monoisotopic (exact) mass is 264 g/mol. The molecule has 1 unspecified atom stereocenters. The Morgan fingerprint density at radius 2 is 2.05 bits per heavy atom. The number of hydrogen-bond acceptors (Lipinski definition) is 3. The summed E-state index contributed by atoms with van der Waals surface area (Å²) >= 11 is 0. The van der Waals surface area contributed by atoms with Crippen LogP contribution in [0, 0.1) is 0 Å². The van der Waals surface area contributed by atoms with Gasteiger partial charge in [-0.05, 0) is 38.9 Å². The maximum Gasteiger partial charge on any atom is 0.239 e. The van der Waals surface area contributed by atoms with Gasteiger partial charge in [-0.15, -0.1) is 0 Å². The highest BCUT2D eigenvalue weighted by Gasteiger charge is 2.14. The van der Waals surface area contributed by atoms with E-state index >= 15 is 0 Å². The summed E-state index contributed by atoms with van der Waals surface area (Å²) in [6.07, 6.45) is 0.877. The lowest BCUT2D eigenvalue weighted by molar-refractivity contribution is -0.131. The van der Waals surface area contributed by atoms with Gasteiger partial charge in [-0.3, -0.25) is 4.79 Å². The van der Waals surface area contributed by atoms with Crippen LogP contribution in [0.1, 0.15) is 20.3 Å². The van der Waals surface area contributed by atoms with Crippen LogP contribution in [0.2, 0.25) is 0 Å². The molecule has 0 saturated carbocycles. The Labute approximate surface area is 115 Å². The van der Waals surface area contributed by atoms with Gasteiger partial charge in [0.05, 0.1) is 12.6 Å². The Bertz CT molecular complexity index is 368. The summed E-state index contributed by atoms with van der Waals surface area (Å²) < 4.78 is 5.58. The summed E-state index contributed by atoms with van der Waals surface area (Å²) in [5.41, 5.74) is 0. The highest BCUT2D eigenvalue weighted by molar-refractivity contribution is 5.81. The SMILES string of the molecule is CCN(C)C(=O)C(C)NCCCOc1ccccc1. The fourth-order valence-electron chi connectivity index (χ4n) is 1.67. The molecule has 1 rings (SSSR count). The molecule has 0 aliphatic rings. The molecule has 0 heterocycles. The molecule has 1 N–H and O–H groups in total. The van der Waals surface area contributed by atoms with E-state index in [9.17, 15) is 4.79 Å². The van der Waals surface area contributed by atoms with Crippen molar-refractivity contribution in [2.24, 2.45) is 0 Å². The molecule has 0 spiro atoms. The van der Waals surface area contributed by atoms with Crippen molar-refractivity contribution in [3.05, 3.63) is 30.3 Å². The molecule has 106 valence electrons. The average Bonchev–Trinajstić information content (AvgIpc) is 2.46. The average molecular weight is 264 g/mol. The van der Waals surface area contributed by atoms with Crippen molar-refractivity contribution in [1.29, 1.82) is 0 Å². The third-order valence-electron chi connectivity index (χ3n) is 3.00. The number of amides is 1. The van der Waals surface area contributed by atoms with Crippen LogP contribution < -0.4 is 10.1 Å². The van der Waals surface area contributed by atoms with Crippen LogP contribution in [-0.4, -0.2) is 43.6 Å². The van der Waals surface area contributed by atoms with Gasteiger partial charge in [0.2, 0.25) is 5.91 Å². The molecule has 4 heteroatoms. The van der Waals surface area contributed by atoms with E-state index in [4.69, 9.17) is 4.74 Å². The second kappa shape index (κ2) is 8.53. The number of para-hydroxylation sites is 1. The number of ether oxygens (including phenoxy) is 1. The standard InChI is InChI=1S/C15H24N2O2/c1-4-17(3)15(18)13(2)16-11-8-12-19-14-9-6-5-7-10-14/h5-7,9-10,13,16H,4,8,11-12H2,1-3H3. The first-order valence-electron chi connectivity index (χ1n) is 6.81. The molecule has 1 aromatic rings. The zero-order valence-corrected chi connectivity index (χ0v) is 12.1. The van der Waals surface area contributed by atoms with E-state index in [1.807, 2.05) is 51.2 Å². The molecular formula is C15H24N2O2. The highest BCUT2D eigenvalue weighted by Crippen LogP contribution is 2.08. The molecule has 0 radical (unpaired) electrons. The van der Waals surface area contributed by atoms with Crippen LogP contribution in [0.25, 0.3) is 0 Å². The van der Waals surface area contributed by atoms with E-state index in [0.717, 1.165) is 25.3 Å². The van der Waals surface area contributed by atoms with Crippen LogP contribution in [0.5, 0.6) is 5.75 Å². The number of likely N-dealkylation sites (N-methyl/N-ethyl adjacent to an activating group) is 1. The van der Waals surface area contributed by atoms with Crippen LogP contribution >= 0.6 is 0 Å². The predicted octanol–water partition coefficient (Wildman–Crippen LogP) is 1.91. The molecule has 0 aliphatic heterocycles. The van der Waals surface area contributed by atoms with Crippen molar-refractivity contribution >= 4 is 5.91 Å². The minimum absolute atomic E-state index is 0.131. The molecule has 0 aliphatic carbocycles. The lowest BCUT2D eigenvalue weighted by Crippen LogP contribution is -2.43. The second-order valence-corrected chi connectivity index (χ2v) is 4.54. The van der Waals surface area contributed by atoms with Gasteiger partial charge in [0.25, 0.3) is 0 Å². The van der Waals surface area contributed by atoms with E-state index in [0.29, 0.717) is 6.61 Å². The molecule has 1 atom stereocenters. The first-order valence-corrected chi connectivity index (χ1v) is 6.81. The van der Waals surface area contributed by atoms with E-state index in [2.05, 4.69) is 5.32 Å². The Morgan fingerprint density at radius 3 is 2.68 bits per heavy atom. The second-order valence-electron chi connectivity index (χ2n) is 4.54. The lowest BCUT2D eigenvalue weighted by Gasteiger charge is -2.20. The van der Waals surface area contributed by atoms with Gasteiger partial charge in [0.15, 0.2) is 0 Å². The van der Waals surface area contributed by atoms with Gasteiger partial charge in [-0.2, -0.15) is 0 Å². The topological polar surface area (TPSA) is 41.6 Å². The quantitative estimate of drug-likeness (QED) is 0.729. The van der Waals surface area contributed by atoms with Crippen LogP contribution in [0.4, 0.5) is 0 Å². The molecule has 19 heavy (non-hydrogen) atoms. The van der Waals surface area contributed by atoms with Crippen molar-refractivity contribution in [3.8, 4) is 5.75 Å². The number of benzene rings is 1. The van der Waals surface area contributed by atoms with Crippen LogP contribution in [0.15, 0.2) is 30.3 Å². The summed E-state index contributed by atoms with van der Waals surface area (Å²) in [6.45, 7) is 6.03. The minimum Gasteiger partial charge on any atom is -0.494 e. The number of nitrogens with zero attached hydrogens (tertiary/aromatic N) is 1. The maximum atomic E-state index is 11.8. The molecule has 1 aromatic carbocycles. The van der Waals surface area contributed by atoms with Crippen molar-refractivity contribution in [1.82, 2.24) is 10.2 Å². The van der Waals surface area contributed by atoms with Crippen molar-refractivity contribution in [2.45, 2.75) is 26.3 Å². The molecule has 4 nitrogen and oxygen atoms in total. The summed E-state index contributed by atoms with van der Waals surface area (Å²) in [5, 5.41) is 3.21. The van der Waals surface area contributed by atoms with Crippen LogP contribution in [0.3, 0.4) is 0 Å². The Balaban J connectivity index is 2.12. The summed E-state index contributed by atoms with van der Waals surface area (Å²) in [5.74, 6) is 1.02. The van der Waals surface area contributed by atoms with Crippen molar-refractivity contribution in [3.63, 3.8) is 0 Å². The molecule has 0 fully saturated rings. The third kappa shape index (κ3) is 5.75. The summed E-state index contributed by atoms with van der Waals surface area (Å²) in [6, 6.07) is 9.61. The van der Waals surface area contributed by atoms with Crippen molar-refractivity contribution < 1.29 is 9.53 Å². The minimum atomic E-state index is -0.137. The number of carbonyl (C=O) groups excluding carboxylic acids is 1. The Morgan fingerprint density at radius 1 is 1.37 bits per heavy atom. The molecule has 0 saturated heterocycles. The van der Waals surface area contributed by atoms with Gasteiger partial charge < -0.3 is 15.0 Å². The van der Waals surface area contributed by atoms with Gasteiger partial charge in [-0.1, -0.05) is 18.2 Å². The highest BCUT2D eigenvalue weighted by atomic mass is 16.5. The third-order valence-corrected chi connectivity index (χ3v) is 3.00. The van der Waals surface area contributed by atoms with E-state index in [-0.39, 0.29) is 11.9 Å². The Kier molecular flexibility index (Phi) is 6.97.